The third-order valence-corrected chi connectivity index (χ3v) is 5.39. The third-order valence-electron chi connectivity index (χ3n) is 5.39. The van der Waals surface area contributed by atoms with Crippen molar-refractivity contribution in [2.75, 3.05) is 11.9 Å². The van der Waals surface area contributed by atoms with E-state index in [0.29, 0.717) is 18.2 Å². The van der Waals surface area contributed by atoms with Crippen LogP contribution in [0, 0.1) is 19.7 Å². The lowest BCUT2D eigenvalue weighted by molar-refractivity contribution is 0.0611. The second kappa shape index (κ2) is 8.17. The Hall–Kier alpha value is -3.36. The Kier molecular flexibility index (Phi) is 5.43. The zero-order chi connectivity index (χ0) is 21.3. The highest BCUT2D eigenvalue weighted by molar-refractivity contribution is 5.98. The Bertz CT molecular complexity index is 1030. The minimum Gasteiger partial charge on any atom is -0.349 e. The molecule has 30 heavy (non-hydrogen) atoms. The quantitative estimate of drug-likeness (QED) is 0.713. The first kappa shape index (κ1) is 19.9. The molecule has 1 aliphatic heterocycles. The minimum atomic E-state index is -0.588. The summed E-state index contributed by atoms with van der Waals surface area (Å²) in [5.41, 5.74) is 2.06. The number of anilines is 1. The van der Waals surface area contributed by atoms with Crippen molar-refractivity contribution in [3.05, 3.63) is 59.4 Å². The van der Waals surface area contributed by atoms with E-state index in [2.05, 4.69) is 25.5 Å². The maximum Gasteiger partial charge on any atom is 0.259 e. The number of hydrogen-bond donors (Lipinski definition) is 1. The number of likely N-dealkylation sites (tertiary alicyclic amines) is 1. The molecule has 8 nitrogen and oxygen atoms in total. The average molecular weight is 409 g/mol. The van der Waals surface area contributed by atoms with Crippen LogP contribution in [0.3, 0.4) is 0 Å². The van der Waals surface area contributed by atoms with Gasteiger partial charge in [0.25, 0.3) is 5.91 Å². The smallest absolute Gasteiger partial charge is 0.259 e. The highest BCUT2D eigenvalue weighted by atomic mass is 19.1. The van der Waals surface area contributed by atoms with Gasteiger partial charge < -0.3 is 10.2 Å². The molecule has 0 radical (unpaired) electrons. The standard InChI is InChI=1S/C21H24FN7O/c1-13-12-14(2)26-21(25-13)27-17-7-5-11-28(15(17)3)20(30)19-16(22)6-4-8-18(19)29-23-9-10-24-29/h4,6,8-10,12,15,17H,5,7,11H2,1-3H3,(H,25,26,27). The number of halogens is 1. The average Bonchev–Trinajstić information content (AvgIpc) is 3.23. The van der Waals surface area contributed by atoms with Gasteiger partial charge in [-0.3, -0.25) is 4.79 Å². The molecular weight excluding hydrogens is 385 g/mol. The molecule has 2 atom stereocenters. The third kappa shape index (κ3) is 3.87. The van der Waals surface area contributed by atoms with Gasteiger partial charge in [-0.25, -0.2) is 14.4 Å². The van der Waals surface area contributed by atoms with Crippen molar-refractivity contribution in [2.45, 2.75) is 45.7 Å². The first-order valence-electron chi connectivity index (χ1n) is 9.99. The molecule has 156 valence electrons. The largest absolute Gasteiger partial charge is 0.349 e. The minimum absolute atomic E-state index is 0.0242. The fraction of sp³-hybridized carbons (Fsp3) is 0.381. The van der Waals surface area contributed by atoms with E-state index in [1.807, 2.05) is 26.8 Å². The molecule has 1 amide bonds. The summed E-state index contributed by atoms with van der Waals surface area (Å²) >= 11 is 0. The molecule has 1 aliphatic rings. The number of nitrogens with zero attached hydrogens (tertiary/aromatic N) is 6. The number of rotatable bonds is 4. The zero-order valence-corrected chi connectivity index (χ0v) is 17.2. The van der Waals surface area contributed by atoms with Crippen molar-refractivity contribution in [1.82, 2.24) is 29.9 Å². The van der Waals surface area contributed by atoms with E-state index in [1.165, 1.54) is 23.3 Å². The Morgan fingerprint density at radius 2 is 1.87 bits per heavy atom. The zero-order valence-electron chi connectivity index (χ0n) is 17.2. The maximum absolute atomic E-state index is 14.8. The van der Waals surface area contributed by atoms with Gasteiger partial charge in [-0.05, 0) is 51.8 Å². The Morgan fingerprint density at radius 1 is 1.17 bits per heavy atom. The van der Waals surface area contributed by atoms with Gasteiger partial charge >= 0.3 is 0 Å². The second-order valence-corrected chi connectivity index (χ2v) is 7.56. The molecule has 0 spiro atoms. The molecule has 1 N–H and O–H groups in total. The van der Waals surface area contributed by atoms with Crippen LogP contribution in [-0.2, 0) is 0 Å². The summed E-state index contributed by atoms with van der Waals surface area (Å²) < 4.78 is 14.8. The van der Waals surface area contributed by atoms with Crippen LogP contribution >= 0.6 is 0 Å². The van der Waals surface area contributed by atoms with Gasteiger partial charge in [-0.15, -0.1) is 0 Å². The summed E-state index contributed by atoms with van der Waals surface area (Å²) in [4.78, 5) is 25.3. The fourth-order valence-electron chi connectivity index (χ4n) is 3.95. The summed E-state index contributed by atoms with van der Waals surface area (Å²) in [7, 11) is 0. The SMILES string of the molecule is Cc1cc(C)nc(NC2CCCN(C(=O)c3c(F)cccc3-n3nccn3)C2C)n1. The molecule has 2 aromatic heterocycles. The van der Waals surface area contributed by atoms with Crippen LogP contribution in [0.5, 0.6) is 0 Å². The van der Waals surface area contributed by atoms with Crippen molar-refractivity contribution >= 4 is 11.9 Å². The first-order valence-corrected chi connectivity index (χ1v) is 9.99. The molecule has 1 fully saturated rings. The maximum atomic E-state index is 14.8. The van der Waals surface area contributed by atoms with Gasteiger partial charge in [0, 0.05) is 30.0 Å². The summed E-state index contributed by atoms with van der Waals surface area (Å²) in [5.74, 6) is -0.415. The lowest BCUT2D eigenvalue weighted by atomic mass is 9.96. The molecule has 0 aliphatic carbocycles. The fourth-order valence-corrected chi connectivity index (χ4v) is 3.95. The summed E-state index contributed by atoms with van der Waals surface area (Å²) in [6.07, 6.45) is 4.65. The van der Waals surface area contributed by atoms with Gasteiger partial charge in [-0.2, -0.15) is 15.0 Å². The number of aryl methyl sites for hydroxylation is 2. The lowest BCUT2D eigenvalue weighted by Gasteiger charge is -2.40. The van der Waals surface area contributed by atoms with E-state index in [1.54, 1.807) is 17.0 Å². The molecule has 3 aromatic rings. The number of aromatic nitrogens is 5. The molecule has 0 bridgehead atoms. The van der Waals surface area contributed by atoms with Crippen molar-refractivity contribution in [3.8, 4) is 5.69 Å². The molecule has 1 aromatic carbocycles. The topological polar surface area (TPSA) is 88.8 Å². The van der Waals surface area contributed by atoms with Crippen LogP contribution < -0.4 is 5.32 Å². The Balaban J connectivity index is 1.61. The van der Waals surface area contributed by atoms with Gasteiger partial charge in [0.2, 0.25) is 5.95 Å². The predicted octanol–water partition coefficient (Wildman–Crippen LogP) is 2.92. The van der Waals surface area contributed by atoms with Crippen LogP contribution in [0.15, 0.2) is 36.7 Å². The van der Waals surface area contributed by atoms with Crippen LogP contribution in [0.4, 0.5) is 10.3 Å². The molecule has 1 saturated heterocycles. The van der Waals surface area contributed by atoms with Crippen molar-refractivity contribution < 1.29 is 9.18 Å². The van der Waals surface area contributed by atoms with Crippen LogP contribution in [-0.4, -0.2) is 54.4 Å². The molecule has 2 unspecified atom stereocenters. The second-order valence-electron chi connectivity index (χ2n) is 7.56. The number of hydrogen-bond acceptors (Lipinski definition) is 6. The van der Waals surface area contributed by atoms with E-state index in [9.17, 15) is 9.18 Å². The number of carbonyl (C=O) groups is 1. The molecular formula is C21H24FN7O. The van der Waals surface area contributed by atoms with Crippen LogP contribution in [0.25, 0.3) is 5.69 Å². The van der Waals surface area contributed by atoms with E-state index < -0.39 is 5.82 Å². The molecule has 4 rings (SSSR count). The van der Waals surface area contributed by atoms with Gasteiger partial charge in [0.15, 0.2) is 0 Å². The Morgan fingerprint density at radius 3 is 2.57 bits per heavy atom. The van der Waals surface area contributed by atoms with E-state index >= 15 is 0 Å². The van der Waals surface area contributed by atoms with E-state index in [0.717, 1.165) is 24.2 Å². The number of benzene rings is 1. The van der Waals surface area contributed by atoms with E-state index in [-0.39, 0.29) is 23.6 Å². The molecule has 3 heterocycles. The van der Waals surface area contributed by atoms with Crippen molar-refractivity contribution in [2.24, 2.45) is 0 Å². The van der Waals surface area contributed by atoms with E-state index in [4.69, 9.17) is 0 Å². The summed E-state index contributed by atoms with van der Waals surface area (Å²) in [6, 6.07) is 6.18. The van der Waals surface area contributed by atoms with Crippen molar-refractivity contribution in [3.63, 3.8) is 0 Å². The van der Waals surface area contributed by atoms with Crippen LogP contribution in [0.2, 0.25) is 0 Å². The molecule has 9 heteroatoms. The van der Waals surface area contributed by atoms with Gasteiger partial charge in [0.05, 0.1) is 12.4 Å². The highest BCUT2D eigenvalue weighted by Gasteiger charge is 2.34. The summed E-state index contributed by atoms with van der Waals surface area (Å²) in [6.45, 7) is 6.35. The highest BCUT2D eigenvalue weighted by Crippen LogP contribution is 2.26. The van der Waals surface area contributed by atoms with Gasteiger partial charge in [0.1, 0.15) is 17.1 Å². The monoisotopic (exact) mass is 409 g/mol. The Labute approximate surface area is 174 Å². The van der Waals surface area contributed by atoms with Crippen LogP contribution in [0.1, 0.15) is 41.5 Å². The normalized spacial score (nSPS) is 19.0. The lowest BCUT2D eigenvalue weighted by Crippen LogP contribution is -2.52. The van der Waals surface area contributed by atoms with Crippen molar-refractivity contribution in [1.29, 1.82) is 0 Å². The number of piperidine rings is 1. The number of carbonyl (C=O) groups excluding carboxylic acids is 1. The molecule has 0 saturated carbocycles. The summed E-state index contributed by atoms with van der Waals surface area (Å²) in [5, 5.41) is 11.5. The predicted molar refractivity (Wildman–Crippen MR) is 110 cm³/mol. The first-order chi connectivity index (χ1) is 14.4. The number of nitrogens with one attached hydrogen (secondary N) is 1. The number of amides is 1. The van der Waals surface area contributed by atoms with Gasteiger partial charge in [-0.1, -0.05) is 6.07 Å².